The number of benzene rings is 3. The molecule has 0 aliphatic carbocycles. The molecule has 0 spiro atoms. The first-order valence-corrected chi connectivity index (χ1v) is 7.69. The molecule has 124 valence electrons. The van der Waals surface area contributed by atoms with Crippen LogP contribution in [0.2, 0.25) is 0 Å². The lowest BCUT2D eigenvalue weighted by molar-refractivity contribution is 0.0697. The summed E-state index contributed by atoms with van der Waals surface area (Å²) < 4.78 is 0. The first-order chi connectivity index (χ1) is 12.1. The normalized spacial score (nSPS) is 10.1. The summed E-state index contributed by atoms with van der Waals surface area (Å²) in [5, 5.41) is 14.4. The number of aromatic carboxylic acids is 1. The van der Waals surface area contributed by atoms with Gasteiger partial charge in [0.15, 0.2) is 0 Å². The van der Waals surface area contributed by atoms with Gasteiger partial charge in [0.05, 0.1) is 11.3 Å². The van der Waals surface area contributed by atoms with E-state index >= 15 is 0 Å². The molecule has 3 aromatic rings. The van der Waals surface area contributed by atoms with Gasteiger partial charge in [0.2, 0.25) is 0 Å². The highest BCUT2D eigenvalue weighted by atomic mass is 16.4. The largest absolute Gasteiger partial charge is 0.478 e. The fourth-order valence-electron chi connectivity index (χ4n) is 2.44. The Labute approximate surface area is 144 Å². The van der Waals surface area contributed by atoms with Crippen molar-refractivity contribution in [2.24, 2.45) is 0 Å². The molecule has 0 atom stereocenters. The minimum atomic E-state index is -1.01. The van der Waals surface area contributed by atoms with Gasteiger partial charge in [-0.25, -0.2) is 9.59 Å². The predicted molar refractivity (Wildman–Crippen MR) is 97.9 cm³/mol. The van der Waals surface area contributed by atoms with Crippen molar-refractivity contribution in [3.05, 3.63) is 84.4 Å². The Bertz CT molecular complexity index is 890. The number of para-hydroxylation sites is 1. The number of carboxylic acid groups (broad SMARTS) is 1. The van der Waals surface area contributed by atoms with E-state index in [2.05, 4.69) is 10.6 Å². The van der Waals surface area contributed by atoms with Crippen molar-refractivity contribution < 1.29 is 14.7 Å². The van der Waals surface area contributed by atoms with Gasteiger partial charge in [0.1, 0.15) is 0 Å². The molecule has 25 heavy (non-hydrogen) atoms. The summed E-state index contributed by atoms with van der Waals surface area (Å²) in [5.74, 6) is -1.01. The molecule has 0 aliphatic rings. The quantitative estimate of drug-likeness (QED) is 0.648. The van der Waals surface area contributed by atoms with Crippen LogP contribution in [-0.4, -0.2) is 17.1 Å². The molecule has 5 heteroatoms. The summed E-state index contributed by atoms with van der Waals surface area (Å²) in [7, 11) is 0. The van der Waals surface area contributed by atoms with E-state index in [1.165, 1.54) is 12.1 Å². The molecule has 0 heterocycles. The smallest absolute Gasteiger partial charge is 0.335 e. The Morgan fingerprint density at radius 2 is 1.36 bits per heavy atom. The number of nitrogens with one attached hydrogen (secondary N) is 2. The number of hydrogen-bond acceptors (Lipinski definition) is 2. The second-order valence-electron chi connectivity index (χ2n) is 5.37. The average molecular weight is 332 g/mol. The van der Waals surface area contributed by atoms with Crippen LogP contribution in [-0.2, 0) is 0 Å². The van der Waals surface area contributed by atoms with Gasteiger partial charge in [-0.1, -0.05) is 48.5 Å². The monoisotopic (exact) mass is 332 g/mol. The Morgan fingerprint density at radius 3 is 2.04 bits per heavy atom. The zero-order valence-electron chi connectivity index (χ0n) is 13.3. The minimum Gasteiger partial charge on any atom is -0.478 e. The highest BCUT2D eigenvalue weighted by Gasteiger charge is 2.09. The number of carboxylic acids is 1. The molecule has 0 aromatic heterocycles. The molecule has 0 unspecified atom stereocenters. The third-order valence-corrected chi connectivity index (χ3v) is 3.65. The van der Waals surface area contributed by atoms with Crippen LogP contribution in [0.15, 0.2) is 78.9 Å². The molecule has 3 N–H and O–H groups in total. The zero-order valence-corrected chi connectivity index (χ0v) is 13.3. The SMILES string of the molecule is O=C(Nc1ccc(C(=O)O)cc1)Nc1ccccc1-c1ccccc1. The van der Waals surface area contributed by atoms with Crippen molar-refractivity contribution >= 4 is 23.4 Å². The van der Waals surface area contributed by atoms with E-state index in [9.17, 15) is 9.59 Å². The van der Waals surface area contributed by atoms with Crippen molar-refractivity contribution in [2.45, 2.75) is 0 Å². The average Bonchev–Trinajstić information content (AvgIpc) is 2.63. The standard InChI is InChI=1S/C20H16N2O3/c23-19(24)15-10-12-16(13-11-15)21-20(25)22-18-9-5-4-8-17(18)14-6-2-1-3-7-14/h1-13H,(H,23,24)(H2,21,22,25). The summed E-state index contributed by atoms with van der Waals surface area (Å²) in [4.78, 5) is 23.1. The van der Waals surface area contributed by atoms with E-state index < -0.39 is 12.0 Å². The summed E-state index contributed by atoms with van der Waals surface area (Å²) in [5.41, 5.74) is 3.29. The molecule has 0 aliphatic heterocycles. The Kier molecular flexibility index (Phi) is 4.76. The van der Waals surface area contributed by atoms with Gasteiger partial charge >= 0.3 is 12.0 Å². The summed E-state index contributed by atoms with van der Waals surface area (Å²) in [6.07, 6.45) is 0. The number of carbonyl (C=O) groups is 2. The van der Waals surface area contributed by atoms with Crippen molar-refractivity contribution in [3.8, 4) is 11.1 Å². The van der Waals surface area contributed by atoms with Gasteiger partial charge in [-0.2, -0.15) is 0 Å². The van der Waals surface area contributed by atoms with Crippen molar-refractivity contribution in [1.29, 1.82) is 0 Å². The Hall–Kier alpha value is -3.60. The second-order valence-corrected chi connectivity index (χ2v) is 5.37. The van der Waals surface area contributed by atoms with Crippen LogP contribution < -0.4 is 10.6 Å². The molecular formula is C20H16N2O3. The second kappa shape index (κ2) is 7.31. The lowest BCUT2D eigenvalue weighted by Gasteiger charge is -2.12. The lowest BCUT2D eigenvalue weighted by Crippen LogP contribution is -2.19. The number of anilines is 2. The third-order valence-electron chi connectivity index (χ3n) is 3.65. The van der Waals surface area contributed by atoms with E-state index in [0.29, 0.717) is 11.4 Å². The van der Waals surface area contributed by atoms with Crippen LogP contribution in [0.3, 0.4) is 0 Å². The van der Waals surface area contributed by atoms with Crippen LogP contribution in [0, 0.1) is 0 Å². The molecule has 0 saturated heterocycles. The van der Waals surface area contributed by atoms with Crippen molar-refractivity contribution in [1.82, 2.24) is 0 Å². The molecule has 3 aromatic carbocycles. The number of urea groups is 1. The highest BCUT2D eigenvalue weighted by Crippen LogP contribution is 2.27. The van der Waals surface area contributed by atoms with Gasteiger partial charge in [0.25, 0.3) is 0 Å². The topological polar surface area (TPSA) is 78.4 Å². The van der Waals surface area contributed by atoms with E-state index in [1.54, 1.807) is 12.1 Å². The maximum Gasteiger partial charge on any atom is 0.335 e. The molecule has 0 saturated carbocycles. The first-order valence-electron chi connectivity index (χ1n) is 7.69. The molecule has 5 nitrogen and oxygen atoms in total. The third kappa shape index (κ3) is 4.03. The van der Waals surface area contributed by atoms with Gasteiger partial charge in [0, 0.05) is 11.3 Å². The number of carbonyl (C=O) groups excluding carboxylic acids is 1. The maximum atomic E-state index is 12.2. The van der Waals surface area contributed by atoms with Gasteiger partial charge < -0.3 is 15.7 Å². The summed E-state index contributed by atoms with van der Waals surface area (Å²) in [6, 6.07) is 22.9. The Morgan fingerprint density at radius 1 is 0.720 bits per heavy atom. The molecular weight excluding hydrogens is 316 g/mol. The van der Waals surface area contributed by atoms with Gasteiger partial charge in [-0.05, 0) is 35.9 Å². The molecule has 0 radical (unpaired) electrons. The maximum absolute atomic E-state index is 12.2. The summed E-state index contributed by atoms with van der Waals surface area (Å²) >= 11 is 0. The molecule has 3 rings (SSSR count). The number of hydrogen-bond donors (Lipinski definition) is 3. The number of amides is 2. The predicted octanol–water partition coefficient (Wildman–Crippen LogP) is 4.70. The van der Waals surface area contributed by atoms with Crippen LogP contribution in [0.1, 0.15) is 10.4 Å². The Balaban J connectivity index is 1.74. The first kappa shape index (κ1) is 16.3. The molecule has 0 fully saturated rings. The minimum absolute atomic E-state index is 0.167. The van der Waals surface area contributed by atoms with E-state index in [1.807, 2.05) is 54.6 Å². The van der Waals surface area contributed by atoms with Gasteiger partial charge in [-0.3, -0.25) is 0 Å². The fraction of sp³-hybridized carbons (Fsp3) is 0. The molecule has 0 bridgehead atoms. The van der Waals surface area contributed by atoms with Crippen LogP contribution in [0.5, 0.6) is 0 Å². The van der Waals surface area contributed by atoms with Crippen molar-refractivity contribution in [3.63, 3.8) is 0 Å². The van der Waals surface area contributed by atoms with E-state index in [-0.39, 0.29) is 5.56 Å². The fourth-order valence-corrected chi connectivity index (χ4v) is 2.44. The summed E-state index contributed by atoms with van der Waals surface area (Å²) in [6.45, 7) is 0. The molecule has 2 amide bonds. The number of rotatable bonds is 4. The zero-order chi connectivity index (χ0) is 17.6. The van der Waals surface area contributed by atoms with Crippen LogP contribution >= 0.6 is 0 Å². The van der Waals surface area contributed by atoms with E-state index in [4.69, 9.17) is 5.11 Å². The van der Waals surface area contributed by atoms with Crippen LogP contribution in [0.25, 0.3) is 11.1 Å². The van der Waals surface area contributed by atoms with Crippen LogP contribution in [0.4, 0.5) is 16.2 Å². The van der Waals surface area contributed by atoms with Gasteiger partial charge in [-0.15, -0.1) is 0 Å². The lowest BCUT2D eigenvalue weighted by atomic mass is 10.0. The van der Waals surface area contributed by atoms with E-state index in [0.717, 1.165) is 11.1 Å². The van der Waals surface area contributed by atoms with Crippen molar-refractivity contribution in [2.75, 3.05) is 10.6 Å². The highest BCUT2D eigenvalue weighted by molar-refractivity contribution is 6.02.